The number of hydrogen-bond acceptors (Lipinski definition) is 4. The second-order valence-electron chi connectivity index (χ2n) is 5.80. The van der Waals surface area contributed by atoms with E-state index in [1.165, 1.54) is 4.31 Å². The summed E-state index contributed by atoms with van der Waals surface area (Å²) in [4.78, 5) is 5.99. The molecule has 0 saturated carbocycles. The molecular weight excluding hydrogens is 376 g/mol. The number of nitrogens with zero attached hydrogens (tertiary/aromatic N) is 2. The Labute approximate surface area is 155 Å². The molecular formula is C18H15ClN2O2S2. The zero-order valence-electron chi connectivity index (χ0n) is 13.2. The Kier molecular flexibility index (Phi) is 4.37. The molecule has 0 spiro atoms. The number of thiazole rings is 1. The number of halogens is 1. The molecule has 1 aromatic heterocycles. The van der Waals surface area contributed by atoms with Gasteiger partial charge in [0.25, 0.3) is 0 Å². The maximum atomic E-state index is 12.9. The van der Waals surface area contributed by atoms with Gasteiger partial charge in [0.2, 0.25) is 10.0 Å². The van der Waals surface area contributed by atoms with Gasteiger partial charge in [0.1, 0.15) is 5.01 Å². The Balaban J connectivity index is 1.63. The zero-order valence-corrected chi connectivity index (χ0v) is 15.6. The average Bonchev–Trinajstić information content (AvgIpc) is 3.06. The third-order valence-corrected chi connectivity index (χ3v) is 7.41. The zero-order chi connectivity index (χ0) is 17.4. The topological polar surface area (TPSA) is 50.3 Å². The van der Waals surface area contributed by atoms with E-state index < -0.39 is 10.0 Å². The number of fused-ring (bicyclic) bond motifs is 1. The van der Waals surface area contributed by atoms with Gasteiger partial charge in [-0.25, -0.2) is 13.4 Å². The Morgan fingerprint density at radius 1 is 1.04 bits per heavy atom. The van der Waals surface area contributed by atoms with E-state index in [0.29, 0.717) is 24.5 Å². The first kappa shape index (κ1) is 16.7. The minimum Gasteiger partial charge on any atom is -0.241 e. The van der Waals surface area contributed by atoms with Crippen molar-refractivity contribution in [3.8, 4) is 10.6 Å². The van der Waals surface area contributed by atoms with Crippen LogP contribution >= 0.6 is 22.9 Å². The Morgan fingerprint density at radius 2 is 1.76 bits per heavy atom. The van der Waals surface area contributed by atoms with Crippen LogP contribution in [0.4, 0.5) is 0 Å². The fraction of sp³-hybridized carbons (Fsp3) is 0.167. The molecule has 7 heteroatoms. The smallest absolute Gasteiger partial charge is 0.241 e. The van der Waals surface area contributed by atoms with Crippen LogP contribution in [0.3, 0.4) is 0 Å². The van der Waals surface area contributed by atoms with Gasteiger partial charge in [-0.1, -0.05) is 41.9 Å². The van der Waals surface area contributed by atoms with Crippen LogP contribution in [0, 0.1) is 0 Å². The molecule has 0 unspecified atom stereocenters. The van der Waals surface area contributed by atoms with Crippen molar-refractivity contribution in [2.75, 3.05) is 6.54 Å². The van der Waals surface area contributed by atoms with E-state index in [2.05, 4.69) is 0 Å². The summed E-state index contributed by atoms with van der Waals surface area (Å²) in [6.07, 6.45) is 0.630. The first-order valence-corrected chi connectivity index (χ1v) is 10.5. The quantitative estimate of drug-likeness (QED) is 0.673. The van der Waals surface area contributed by atoms with Gasteiger partial charge in [-0.15, -0.1) is 11.3 Å². The van der Waals surface area contributed by atoms with Crippen molar-refractivity contribution in [3.05, 3.63) is 70.2 Å². The molecule has 128 valence electrons. The molecule has 0 amide bonds. The van der Waals surface area contributed by atoms with Crippen LogP contribution < -0.4 is 0 Å². The standard InChI is InChI=1S/C18H15ClN2O2S2/c19-14-6-8-15(9-7-14)25(22,23)21-11-10-16-17(12-21)24-18(20-16)13-4-2-1-3-5-13/h1-9H,10-12H2. The highest BCUT2D eigenvalue weighted by Crippen LogP contribution is 2.33. The second-order valence-corrected chi connectivity index (χ2v) is 9.26. The van der Waals surface area contributed by atoms with Gasteiger partial charge in [0.15, 0.2) is 0 Å². The van der Waals surface area contributed by atoms with Crippen molar-refractivity contribution in [2.45, 2.75) is 17.9 Å². The van der Waals surface area contributed by atoms with Gasteiger partial charge in [-0.3, -0.25) is 0 Å². The fourth-order valence-corrected chi connectivity index (χ4v) is 5.58. The summed E-state index contributed by atoms with van der Waals surface area (Å²) in [5.41, 5.74) is 2.07. The highest BCUT2D eigenvalue weighted by atomic mass is 35.5. The van der Waals surface area contributed by atoms with Crippen molar-refractivity contribution in [2.24, 2.45) is 0 Å². The third-order valence-electron chi connectivity index (χ3n) is 4.17. The number of sulfonamides is 1. The number of benzene rings is 2. The average molecular weight is 391 g/mol. The molecule has 1 aliphatic heterocycles. The van der Waals surface area contributed by atoms with E-state index >= 15 is 0 Å². The van der Waals surface area contributed by atoms with Crippen LogP contribution in [0.25, 0.3) is 10.6 Å². The molecule has 4 nitrogen and oxygen atoms in total. The van der Waals surface area contributed by atoms with Crippen molar-refractivity contribution < 1.29 is 8.42 Å². The summed E-state index contributed by atoms with van der Waals surface area (Å²) in [7, 11) is -3.52. The van der Waals surface area contributed by atoms with Crippen molar-refractivity contribution in [3.63, 3.8) is 0 Å². The molecule has 2 heterocycles. The molecule has 0 radical (unpaired) electrons. The Morgan fingerprint density at radius 3 is 2.48 bits per heavy atom. The first-order chi connectivity index (χ1) is 12.0. The van der Waals surface area contributed by atoms with E-state index in [4.69, 9.17) is 16.6 Å². The van der Waals surface area contributed by atoms with Gasteiger partial charge in [0.05, 0.1) is 17.1 Å². The van der Waals surface area contributed by atoms with Crippen LogP contribution in [-0.2, 0) is 23.0 Å². The molecule has 4 rings (SSSR count). The molecule has 3 aromatic rings. The summed E-state index contributed by atoms with van der Waals surface area (Å²) in [5.74, 6) is 0. The van der Waals surface area contributed by atoms with Crippen LogP contribution in [-0.4, -0.2) is 24.3 Å². The van der Waals surface area contributed by atoms with E-state index in [-0.39, 0.29) is 4.90 Å². The summed E-state index contributed by atoms with van der Waals surface area (Å²) >= 11 is 7.43. The molecule has 0 aliphatic carbocycles. The van der Waals surface area contributed by atoms with Crippen molar-refractivity contribution in [1.29, 1.82) is 0 Å². The normalized spacial score (nSPS) is 15.1. The maximum absolute atomic E-state index is 12.9. The van der Waals surface area contributed by atoms with Gasteiger partial charge in [0, 0.05) is 28.4 Å². The minimum atomic E-state index is -3.52. The lowest BCUT2D eigenvalue weighted by atomic mass is 10.2. The third kappa shape index (κ3) is 3.22. The van der Waals surface area contributed by atoms with Crippen LogP contribution in [0.2, 0.25) is 5.02 Å². The highest BCUT2D eigenvalue weighted by molar-refractivity contribution is 7.89. The summed E-state index contributed by atoms with van der Waals surface area (Å²) in [5, 5.41) is 1.46. The van der Waals surface area contributed by atoms with E-state index in [1.54, 1.807) is 35.6 Å². The van der Waals surface area contributed by atoms with Gasteiger partial charge in [-0.2, -0.15) is 4.31 Å². The molecule has 0 N–H and O–H groups in total. The molecule has 0 bridgehead atoms. The summed E-state index contributed by atoms with van der Waals surface area (Å²) in [6, 6.07) is 16.3. The van der Waals surface area contributed by atoms with Gasteiger partial charge in [-0.05, 0) is 24.3 Å². The number of aromatic nitrogens is 1. The van der Waals surface area contributed by atoms with Crippen LogP contribution in [0.15, 0.2) is 59.5 Å². The fourth-order valence-electron chi connectivity index (χ4n) is 2.84. The summed E-state index contributed by atoms with van der Waals surface area (Å²) < 4.78 is 27.2. The largest absolute Gasteiger partial charge is 0.243 e. The number of rotatable bonds is 3. The number of hydrogen-bond donors (Lipinski definition) is 0. The lowest BCUT2D eigenvalue weighted by molar-refractivity contribution is 0.393. The Bertz CT molecular complexity index is 999. The predicted octanol–water partition coefficient (Wildman–Crippen LogP) is 4.21. The molecule has 0 atom stereocenters. The summed E-state index contributed by atoms with van der Waals surface area (Å²) in [6.45, 7) is 0.806. The van der Waals surface area contributed by atoms with Gasteiger partial charge < -0.3 is 0 Å². The maximum Gasteiger partial charge on any atom is 0.243 e. The van der Waals surface area contributed by atoms with Crippen molar-refractivity contribution >= 4 is 33.0 Å². The van der Waals surface area contributed by atoms with Crippen LogP contribution in [0.5, 0.6) is 0 Å². The van der Waals surface area contributed by atoms with E-state index in [9.17, 15) is 8.42 Å². The van der Waals surface area contributed by atoms with E-state index in [1.807, 2.05) is 30.3 Å². The van der Waals surface area contributed by atoms with Crippen LogP contribution in [0.1, 0.15) is 10.6 Å². The minimum absolute atomic E-state index is 0.271. The highest BCUT2D eigenvalue weighted by Gasteiger charge is 2.30. The second kappa shape index (κ2) is 6.53. The lowest BCUT2D eigenvalue weighted by Gasteiger charge is -2.25. The molecule has 25 heavy (non-hydrogen) atoms. The molecule has 2 aromatic carbocycles. The van der Waals surface area contributed by atoms with Crippen molar-refractivity contribution in [1.82, 2.24) is 9.29 Å². The predicted molar refractivity (Wildman–Crippen MR) is 100 cm³/mol. The lowest BCUT2D eigenvalue weighted by Crippen LogP contribution is -2.35. The molecule has 0 saturated heterocycles. The monoisotopic (exact) mass is 390 g/mol. The van der Waals surface area contributed by atoms with E-state index in [0.717, 1.165) is 21.1 Å². The molecule has 0 fully saturated rings. The molecule has 1 aliphatic rings. The first-order valence-electron chi connectivity index (χ1n) is 7.84. The SMILES string of the molecule is O=S(=O)(c1ccc(Cl)cc1)N1CCc2nc(-c3ccccc3)sc2C1. The Hall–Kier alpha value is -1.73. The van der Waals surface area contributed by atoms with Gasteiger partial charge >= 0.3 is 0 Å².